The van der Waals surface area contributed by atoms with Crippen LogP contribution >= 0.6 is 0 Å². The van der Waals surface area contributed by atoms with E-state index in [0.717, 1.165) is 40.8 Å². The number of esters is 1. The summed E-state index contributed by atoms with van der Waals surface area (Å²) in [5.74, 6) is -1.57. The molecule has 164 valence electrons. The molecule has 6 nitrogen and oxygen atoms in total. The van der Waals surface area contributed by atoms with Gasteiger partial charge in [-0.3, -0.25) is 14.4 Å². The third-order valence-electron chi connectivity index (χ3n) is 5.69. The molecule has 0 aliphatic carbocycles. The fraction of sp³-hybridized carbons (Fsp3) is 0.400. The predicted octanol–water partition coefficient (Wildman–Crippen LogP) is 3.96. The van der Waals surface area contributed by atoms with Gasteiger partial charge in [-0.25, -0.2) is 0 Å². The Morgan fingerprint density at radius 2 is 1.77 bits per heavy atom. The van der Waals surface area contributed by atoms with Gasteiger partial charge in [0.15, 0.2) is 6.61 Å². The lowest BCUT2D eigenvalue weighted by Crippen LogP contribution is -2.29. The van der Waals surface area contributed by atoms with E-state index in [1.807, 2.05) is 50.2 Å². The van der Waals surface area contributed by atoms with Crippen LogP contribution in [0.2, 0.25) is 0 Å². The Balaban J connectivity index is 1.61. The summed E-state index contributed by atoms with van der Waals surface area (Å²) in [6.45, 7) is 7.90. The van der Waals surface area contributed by atoms with Crippen LogP contribution in [0, 0.1) is 19.8 Å². The van der Waals surface area contributed by atoms with Gasteiger partial charge in [-0.2, -0.15) is 0 Å². The van der Waals surface area contributed by atoms with Crippen LogP contribution in [0.4, 0.5) is 11.4 Å². The van der Waals surface area contributed by atoms with Crippen molar-refractivity contribution in [2.45, 2.75) is 47.0 Å². The molecule has 0 saturated carbocycles. The number of hydrogen-bond acceptors (Lipinski definition) is 4. The summed E-state index contributed by atoms with van der Waals surface area (Å²) in [5.41, 5.74) is 5.84. The van der Waals surface area contributed by atoms with Crippen molar-refractivity contribution in [2.75, 3.05) is 23.4 Å². The van der Waals surface area contributed by atoms with Gasteiger partial charge in [0.2, 0.25) is 5.91 Å². The number of ether oxygens (including phenoxy) is 1. The summed E-state index contributed by atoms with van der Waals surface area (Å²) in [5, 5.41) is 2.76. The third kappa shape index (κ3) is 5.13. The zero-order chi connectivity index (χ0) is 22.5. The van der Waals surface area contributed by atoms with Gasteiger partial charge < -0.3 is 15.0 Å². The van der Waals surface area contributed by atoms with Crippen LogP contribution in [0.3, 0.4) is 0 Å². The number of amides is 2. The summed E-state index contributed by atoms with van der Waals surface area (Å²) in [6.07, 6.45) is 1.71. The first-order valence-corrected chi connectivity index (χ1v) is 10.8. The molecule has 6 heteroatoms. The smallest absolute Gasteiger partial charge is 0.311 e. The number of rotatable bonds is 7. The van der Waals surface area contributed by atoms with E-state index < -0.39 is 17.8 Å². The first-order chi connectivity index (χ1) is 14.8. The molecule has 1 aliphatic heterocycles. The first kappa shape index (κ1) is 22.5. The van der Waals surface area contributed by atoms with E-state index in [2.05, 4.69) is 19.2 Å². The SMILES string of the molecule is CCc1cccc(CC)c1N1C[C@H](C(=O)OCC(=O)Nc2ccc(C)cc2C)CC1=O. The van der Waals surface area contributed by atoms with Crippen LogP contribution in [-0.4, -0.2) is 30.9 Å². The standard InChI is InChI=1S/C25H30N2O4/c1-5-18-8-7-9-19(6-2)24(18)27-14-20(13-23(27)29)25(30)31-15-22(28)26-21-11-10-16(3)12-17(21)4/h7-12,20H,5-6,13-15H2,1-4H3,(H,26,28)/t20-/m1/s1. The number of nitrogens with one attached hydrogen (secondary N) is 1. The maximum Gasteiger partial charge on any atom is 0.311 e. The Kier molecular flexibility index (Phi) is 7.10. The molecule has 2 amide bonds. The van der Waals surface area contributed by atoms with Crippen molar-refractivity contribution < 1.29 is 19.1 Å². The monoisotopic (exact) mass is 422 g/mol. The van der Waals surface area contributed by atoms with Gasteiger partial charge in [0.05, 0.1) is 5.92 Å². The van der Waals surface area contributed by atoms with Gasteiger partial charge in [-0.15, -0.1) is 0 Å². The topological polar surface area (TPSA) is 75.7 Å². The van der Waals surface area contributed by atoms with E-state index in [1.165, 1.54) is 0 Å². The zero-order valence-corrected chi connectivity index (χ0v) is 18.7. The lowest BCUT2D eigenvalue weighted by atomic mass is 10.0. The van der Waals surface area contributed by atoms with E-state index in [1.54, 1.807) is 4.90 Å². The molecule has 1 aliphatic rings. The van der Waals surface area contributed by atoms with Crippen molar-refractivity contribution in [3.63, 3.8) is 0 Å². The molecular formula is C25H30N2O4. The van der Waals surface area contributed by atoms with Crippen molar-refractivity contribution in [3.8, 4) is 0 Å². The molecular weight excluding hydrogens is 392 g/mol. The Labute approximate surface area is 183 Å². The van der Waals surface area contributed by atoms with Gasteiger partial charge in [0.1, 0.15) is 0 Å². The molecule has 0 radical (unpaired) electrons. The second-order valence-electron chi connectivity index (χ2n) is 8.01. The van der Waals surface area contributed by atoms with E-state index in [0.29, 0.717) is 5.69 Å². The number of hydrogen-bond donors (Lipinski definition) is 1. The highest BCUT2D eigenvalue weighted by Crippen LogP contribution is 2.32. The molecule has 1 atom stereocenters. The number of benzene rings is 2. The third-order valence-corrected chi connectivity index (χ3v) is 5.69. The molecule has 0 unspecified atom stereocenters. The molecule has 31 heavy (non-hydrogen) atoms. The van der Waals surface area contributed by atoms with Gasteiger partial charge in [0, 0.05) is 24.3 Å². The van der Waals surface area contributed by atoms with Crippen LogP contribution in [0.25, 0.3) is 0 Å². The normalized spacial score (nSPS) is 15.8. The summed E-state index contributed by atoms with van der Waals surface area (Å²) in [4.78, 5) is 39.2. The predicted molar refractivity (Wildman–Crippen MR) is 121 cm³/mol. The van der Waals surface area contributed by atoms with E-state index in [9.17, 15) is 14.4 Å². The zero-order valence-electron chi connectivity index (χ0n) is 18.7. The van der Waals surface area contributed by atoms with Crippen molar-refractivity contribution >= 4 is 29.2 Å². The Morgan fingerprint density at radius 1 is 1.10 bits per heavy atom. The minimum Gasteiger partial charge on any atom is -0.455 e. The minimum atomic E-state index is -0.573. The Bertz CT molecular complexity index is 977. The van der Waals surface area contributed by atoms with Crippen molar-refractivity contribution in [3.05, 3.63) is 58.7 Å². The highest BCUT2D eigenvalue weighted by atomic mass is 16.5. The highest BCUT2D eigenvalue weighted by Gasteiger charge is 2.37. The molecule has 0 bridgehead atoms. The fourth-order valence-corrected chi connectivity index (χ4v) is 4.04. The summed E-state index contributed by atoms with van der Waals surface area (Å²) >= 11 is 0. The van der Waals surface area contributed by atoms with Gasteiger partial charge in [0.25, 0.3) is 5.91 Å². The molecule has 1 saturated heterocycles. The average Bonchev–Trinajstić information content (AvgIpc) is 3.14. The van der Waals surface area contributed by atoms with Crippen LogP contribution in [0.15, 0.2) is 36.4 Å². The van der Waals surface area contributed by atoms with Crippen LogP contribution in [0.5, 0.6) is 0 Å². The van der Waals surface area contributed by atoms with Crippen LogP contribution < -0.4 is 10.2 Å². The van der Waals surface area contributed by atoms with Crippen LogP contribution in [-0.2, 0) is 32.0 Å². The highest BCUT2D eigenvalue weighted by molar-refractivity contribution is 6.01. The summed E-state index contributed by atoms with van der Waals surface area (Å²) < 4.78 is 5.24. The minimum absolute atomic E-state index is 0.0859. The molecule has 1 fully saturated rings. The number of anilines is 2. The van der Waals surface area contributed by atoms with Gasteiger partial charge in [-0.05, 0) is 49.4 Å². The summed E-state index contributed by atoms with van der Waals surface area (Å²) in [7, 11) is 0. The largest absolute Gasteiger partial charge is 0.455 e. The molecule has 1 N–H and O–H groups in total. The first-order valence-electron chi connectivity index (χ1n) is 10.8. The second kappa shape index (κ2) is 9.77. The molecule has 2 aromatic rings. The second-order valence-corrected chi connectivity index (χ2v) is 8.01. The number of aryl methyl sites for hydroxylation is 4. The number of para-hydroxylation sites is 1. The maximum absolute atomic E-state index is 12.7. The lowest BCUT2D eigenvalue weighted by molar-refractivity contribution is -0.151. The molecule has 1 heterocycles. The molecule has 3 rings (SSSR count). The molecule has 0 aromatic heterocycles. The van der Waals surface area contributed by atoms with E-state index >= 15 is 0 Å². The van der Waals surface area contributed by atoms with Crippen molar-refractivity contribution in [2.24, 2.45) is 5.92 Å². The Morgan fingerprint density at radius 3 is 2.39 bits per heavy atom. The number of nitrogens with zero attached hydrogens (tertiary/aromatic N) is 1. The van der Waals surface area contributed by atoms with Crippen molar-refractivity contribution in [1.29, 1.82) is 0 Å². The lowest BCUT2D eigenvalue weighted by Gasteiger charge is -2.23. The summed E-state index contributed by atoms with van der Waals surface area (Å²) in [6, 6.07) is 11.7. The average molecular weight is 423 g/mol. The molecule has 0 spiro atoms. The van der Waals surface area contributed by atoms with Crippen molar-refractivity contribution in [1.82, 2.24) is 0 Å². The van der Waals surface area contributed by atoms with E-state index in [4.69, 9.17) is 4.74 Å². The quantitative estimate of drug-likeness (QED) is 0.685. The Hall–Kier alpha value is -3.15. The van der Waals surface area contributed by atoms with E-state index in [-0.39, 0.29) is 25.5 Å². The van der Waals surface area contributed by atoms with Crippen LogP contribution in [0.1, 0.15) is 42.5 Å². The fourth-order valence-electron chi connectivity index (χ4n) is 4.04. The number of carbonyl (C=O) groups is 3. The van der Waals surface area contributed by atoms with Gasteiger partial charge in [-0.1, -0.05) is 49.7 Å². The number of carbonyl (C=O) groups excluding carboxylic acids is 3. The molecule has 2 aromatic carbocycles. The maximum atomic E-state index is 12.7. The van der Waals surface area contributed by atoms with Gasteiger partial charge >= 0.3 is 5.97 Å².